The number of fused-ring (bicyclic) bond motifs is 1. The number of rotatable bonds is 0. The second-order valence-corrected chi connectivity index (χ2v) is 4.33. The van der Waals surface area contributed by atoms with Gasteiger partial charge in [0.1, 0.15) is 5.82 Å². The third-order valence-electron chi connectivity index (χ3n) is 1.62. The zero-order valence-electron chi connectivity index (χ0n) is 6.46. The molecule has 3 nitrogen and oxygen atoms in total. The molecule has 0 unspecified atom stereocenters. The average Bonchev–Trinajstić information content (AvgIpc) is 2.08. The molecule has 66 valence electrons. The van der Waals surface area contributed by atoms with E-state index >= 15 is 0 Å². The molecular formula is C8H5Br2N3. The molecule has 0 fully saturated rings. The fourth-order valence-electron chi connectivity index (χ4n) is 1.03. The monoisotopic (exact) mass is 301 g/mol. The van der Waals surface area contributed by atoms with Crippen molar-refractivity contribution in [3.63, 3.8) is 0 Å². The molecule has 5 heteroatoms. The first-order valence-corrected chi connectivity index (χ1v) is 5.13. The quantitative estimate of drug-likeness (QED) is 0.814. The topological polar surface area (TPSA) is 51.8 Å². The molecule has 0 aliphatic heterocycles. The summed E-state index contributed by atoms with van der Waals surface area (Å²) in [4.78, 5) is 8.24. The van der Waals surface area contributed by atoms with Crippen LogP contribution in [0, 0.1) is 0 Å². The second kappa shape index (κ2) is 3.23. The van der Waals surface area contributed by atoms with Crippen molar-refractivity contribution in [2.75, 3.05) is 5.73 Å². The maximum atomic E-state index is 5.61. The van der Waals surface area contributed by atoms with Gasteiger partial charge in [-0.15, -0.1) is 0 Å². The maximum Gasteiger partial charge on any atom is 0.161 e. The predicted molar refractivity (Wildman–Crippen MR) is 59.4 cm³/mol. The van der Waals surface area contributed by atoms with Crippen LogP contribution in [0.4, 0.5) is 5.82 Å². The standard InChI is InChI=1S/C8H5Br2N3/c9-5-1-4-2-6(10)7(11)13-8(4)12-3-5/h1-3H,(H2,11,12,13). The molecule has 0 amide bonds. The van der Waals surface area contributed by atoms with Crippen molar-refractivity contribution in [1.29, 1.82) is 0 Å². The van der Waals surface area contributed by atoms with Crippen molar-refractivity contribution in [3.05, 3.63) is 27.3 Å². The predicted octanol–water partition coefficient (Wildman–Crippen LogP) is 2.74. The second-order valence-electron chi connectivity index (χ2n) is 2.56. The van der Waals surface area contributed by atoms with Crippen molar-refractivity contribution in [2.24, 2.45) is 0 Å². The fraction of sp³-hybridized carbons (Fsp3) is 0. The number of hydrogen-bond donors (Lipinski definition) is 1. The van der Waals surface area contributed by atoms with Gasteiger partial charge in [0.2, 0.25) is 0 Å². The first-order valence-electron chi connectivity index (χ1n) is 3.54. The molecule has 13 heavy (non-hydrogen) atoms. The number of nitrogens with zero attached hydrogens (tertiary/aromatic N) is 2. The van der Waals surface area contributed by atoms with Gasteiger partial charge in [-0.3, -0.25) is 0 Å². The van der Waals surface area contributed by atoms with Gasteiger partial charge >= 0.3 is 0 Å². The van der Waals surface area contributed by atoms with Crippen LogP contribution < -0.4 is 5.73 Å². The highest BCUT2D eigenvalue weighted by Gasteiger charge is 2.02. The number of anilines is 1. The maximum absolute atomic E-state index is 5.61. The molecule has 0 bridgehead atoms. The lowest BCUT2D eigenvalue weighted by atomic mass is 10.3. The molecule has 2 heterocycles. The van der Waals surface area contributed by atoms with Gasteiger partial charge in [0, 0.05) is 16.1 Å². The van der Waals surface area contributed by atoms with Crippen LogP contribution in [0.2, 0.25) is 0 Å². The molecule has 0 spiro atoms. The van der Waals surface area contributed by atoms with Crippen LogP contribution in [-0.2, 0) is 0 Å². The number of halogens is 2. The van der Waals surface area contributed by atoms with E-state index in [2.05, 4.69) is 41.8 Å². The van der Waals surface area contributed by atoms with E-state index in [-0.39, 0.29) is 0 Å². The van der Waals surface area contributed by atoms with Crippen LogP contribution in [0.5, 0.6) is 0 Å². The Morgan fingerprint density at radius 3 is 2.77 bits per heavy atom. The summed E-state index contributed by atoms with van der Waals surface area (Å²) < 4.78 is 1.72. The SMILES string of the molecule is Nc1nc2ncc(Br)cc2cc1Br. The summed E-state index contributed by atoms with van der Waals surface area (Å²) in [5, 5.41) is 0.954. The number of pyridine rings is 2. The van der Waals surface area contributed by atoms with Crippen molar-refractivity contribution >= 4 is 48.7 Å². The van der Waals surface area contributed by atoms with E-state index in [4.69, 9.17) is 5.73 Å². The Morgan fingerprint density at radius 1 is 1.23 bits per heavy atom. The highest BCUT2D eigenvalue weighted by molar-refractivity contribution is 9.10. The Balaban J connectivity index is 2.81. The number of aromatic nitrogens is 2. The van der Waals surface area contributed by atoms with Crippen LogP contribution in [0.15, 0.2) is 27.3 Å². The minimum atomic E-state index is 0.460. The van der Waals surface area contributed by atoms with E-state index in [0.717, 1.165) is 14.3 Å². The molecule has 0 saturated carbocycles. The molecule has 2 rings (SSSR count). The highest BCUT2D eigenvalue weighted by atomic mass is 79.9. The molecule has 0 saturated heterocycles. The van der Waals surface area contributed by atoms with Gasteiger partial charge in [0.15, 0.2) is 5.65 Å². The van der Waals surface area contributed by atoms with Crippen molar-refractivity contribution in [2.45, 2.75) is 0 Å². The van der Waals surface area contributed by atoms with E-state index in [9.17, 15) is 0 Å². The Kier molecular flexibility index (Phi) is 2.21. The van der Waals surface area contributed by atoms with E-state index in [1.807, 2.05) is 12.1 Å². The normalized spacial score (nSPS) is 10.6. The Bertz CT molecular complexity index is 470. The Hall–Kier alpha value is -0.680. The Morgan fingerprint density at radius 2 is 2.00 bits per heavy atom. The van der Waals surface area contributed by atoms with E-state index < -0.39 is 0 Å². The summed E-state index contributed by atoms with van der Waals surface area (Å²) >= 11 is 6.65. The average molecular weight is 303 g/mol. The van der Waals surface area contributed by atoms with Gasteiger partial charge in [0.25, 0.3) is 0 Å². The van der Waals surface area contributed by atoms with Gasteiger partial charge < -0.3 is 5.73 Å². The lowest BCUT2D eigenvalue weighted by molar-refractivity contribution is 1.27. The lowest BCUT2D eigenvalue weighted by Gasteiger charge is -2.00. The molecule has 2 aromatic rings. The molecule has 2 aromatic heterocycles. The molecule has 0 aromatic carbocycles. The van der Waals surface area contributed by atoms with Crippen LogP contribution in [0.25, 0.3) is 11.0 Å². The van der Waals surface area contributed by atoms with Gasteiger partial charge in [-0.2, -0.15) is 0 Å². The summed E-state index contributed by atoms with van der Waals surface area (Å²) in [7, 11) is 0. The summed E-state index contributed by atoms with van der Waals surface area (Å²) in [6, 6.07) is 3.84. The van der Waals surface area contributed by atoms with Crippen LogP contribution in [0.1, 0.15) is 0 Å². The number of nitrogens with two attached hydrogens (primary N) is 1. The van der Waals surface area contributed by atoms with Crippen LogP contribution in [0.3, 0.4) is 0 Å². The van der Waals surface area contributed by atoms with Gasteiger partial charge in [0.05, 0.1) is 4.47 Å². The summed E-state index contributed by atoms with van der Waals surface area (Å²) in [5.41, 5.74) is 6.27. The first-order chi connectivity index (χ1) is 6.16. The van der Waals surface area contributed by atoms with E-state index in [0.29, 0.717) is 11.5 Å². The number of hydrogen-bond acceptors (Lipinski definition) is 3. The molecule has 2 N–H and O–H groups in total. The molecular weight excluding hydrogens is 298 g/mol. The molecule has 0 radical (unpaired) electrons. The minimum Gasteiger partial charge on any atom is -0.383 e. The van der Waals surface area contributed by atoms with Gasteiger partial charge in [-0.25, -0.2) is 9.97 Å². The van der Waals surface area contributed by atoms with Crippen LogP contribution >= 0.6 is 31.9 Å². The smallest absolute Gasteiger partial charge is 0.161 e. The number of nitrogen functional groups attached to an aromatic ring is 1. The zero-order valence-corrected chi connectivity index (χ0v) is 9.63. The van der Waals surface area contributed by atoms with Gasteiger partial charge in [-0.1, -0.05) is 0 Å². The van der Waals surface area contributed by atoms with Gasteiger partial charge in [-0.05, 0) is 44.0 Å². The zero-order chi connectivity index (χ0) is 9.42. The fourth-order valence-corrected chi connectivity index (χ4v) is 1.71. The van der Waals surface area contributed by atoms with Crippen molar-refractivity contribution < 1.29 is 0 Å². The third-order valence-corrected chi connectivity index (χ3v) is 2.68. The minimum absolute atomic E-state index is 0.460. The van der Waals surface area contributed by atoms with Crippen molar-refractivity contribution in [3.8, 4) is 0 Å². The third kappa shape index (κ3) is 1.66. The summed E-state index contributed by atoms with van der Waals surface area (Å²) in [6.07, 6.45) is 1.70. The largest absolute Gasteiger partial charge is 0.383 e. The highest BCUT2D eigenvalue weighted by Crippen LogP contribution is 2.23. The summed E-state index contributed by atoms with van der Waals surface area (Å²) in [6.45, 7) is 0. The van der Waals surface area contributed by atoms with Crippen molar-refractivity contribution in [1.82, 2.24) is 9.97 Å². The lowest BCUT2D eigenvalue weighted by Crippen LogP contribution is -1.93. The Labute approximate surface area is 91.6 Å². The van der Waals surface area contributed by atoms with E-state index in [1.54, 1.807) is 6.20 Å². The molecule has 0 aliphatic rings. The van der Waals surface area contributed by atoms with Crippen LogP contribution in [-0.4, -0.2) is 9.97 Å². The summed E-state index contributed by atoms with van der Waals surface area (Å²) in [5.74, 6) is 0.460. The molecule has 0 aliphatic carbocycles. The van der Waals surface area contributed by atoms with E-state index in [1.165, 1.54) is 0 Å². The first kappa shape index (κ1) is 8.90. The molecule has 0 atom stereocenters.